The lowest BCUT2D eigenvalue weighted by Gasteiger charge is -2.66. The molecule has 0 aromatic heterocycles. The maximum absolute atomic E-state index is 14.6. The van der Waals surface area contributed by atoms with Crippen molar-refractivity contribution in [1.82, 2.24) is 15.5 Å². The van der Waals surface area contributed by atoms with Gasteiger partial charge >= 0.3 is 0 Å². The van der Waals surface area contributed by atoms with Crippen LogP contribution in [0.25, 0.3) is 0 Å². The molecular formula is C59H88N4O4. The number of nitrogens with zero attached hydrogens (tertiary/aromatic N) is 2. The second-order valence-electron chi connectivity index (χ2n) is 22.2. The van der Waals surface area contributed by atoms with Gasteiger partial charge < -0.3 is 15.5 Å². The van der Waals surface area contributed by atoms with Crippen LogP contribution >= 0.6 is 0 Å². The largest absolute Gasteiger partial charge is 0.355 e. The number of carbonyl (C=O) groups is 4. The van der Waals surface area contributed by atoms with Crippen LogP contribution in [0.5, 0.6) is 0 Å². The Balaban J connectivity index is 1.24. The number of carbonyl (C=O) groups excluding carboxylic acids is 4. The van der Waals surface area contributed by atoms with Gasteiger partial charge in [-0.1, -0.05) is 153 Å². The molecule has 4 aliphatic rings. The number of nitrogens with one attached hydrogen (secondary N) is 2. The van der Waals surface area contributed by atoms with Crippen LogP contribution in [0.2, 0.25) is 0 Å². The van der Waals surface area contributed by atoms with Crippen molar-refractivity contribution in [3.05, 3.63) is 96.2 Å². The molecule has 0 bridgehead atoms. The van der Waals surface area contributed by atoms with Crippen molar-refractivity contribution in [2.24, 2.45) is 44.3 Å². The standard InChI is InChI=1S/C59H88N4O4/c1-11-13-14-15-16-17-18-19-20-21-22-23-24-25-26-27-28-29-30-31-51(65)61-38-40-63(10)41-39-62-53(67)59(36-34-54(3,4)12-2)37-35-57(8)47(44-59)48(64)42-50-56(7)43-46(45-60)52(66)55(5,6)49(56)32-33-58(50,57)9/h13-14,16-17,19-20,22-23,25-26,28-29,42-43,47,49H,11-12,15,18,21,24,27,30-41,44H2,1-10H3,(H,61,65)(H,62,67)/b14-13-,17-16-,20-19-,23-22-,26-25-,29-28-/t47-,49-,56-,57+,58+,59-/m0/s1. The molecule has 2 fully saturated rings. The third-order valence-corrected chi connectivity index (χ3v) is 16.9. The van der Waals surface area contributed by atoms with Crippen LogP contribution in [0.3, 0.4) is 0 Å². The zero-order valence-electron chi connectivity index (χ0n) is 43.4. The molecule has 0 heterocycles. The quantitative estimate of drug-likeness (QED) is 0.0881. The molecular weight excluding hydrogens is 829 g/mol. The molecule has 4 rings (SSSR count). The highest BCUT2D eigenvalue weighted by atomic mass is 16.2. The highest BCUT2D eigenvalue weighted by Gasteiger charge is 2.67. The molecule has 4 aliphatic carbocycles. The van der Waals surface area contributed by atoms with Gasteiger partial charge in [-0.15, -0.1) is 0 Å². The monoisotopic (exact) mass is 917 g/mol. The summed E-state index contributed by atoms with van der Waals surface area (Å²) < 4.78 is 0. The van der Waals surface area contributed by atoms with E-state index in [0.717, 1.165) is 82.6 Å². The zero-order chi connectivity index (χ0) is 49.4. The number of amides is 2. The number of nitriles is 1. The Hall–Kier alpha value is -4.35. The van der Waals surface area contributed by atoms with Gasteiger partial charge in [-0.25, -0.2) is 0 Å². The number of rotatable bonds is 25. The second kappa shape index (κ2) is 24.8. The predicted octanol–water partition coefficient (Wildman–Crippen LogP) is 12.6. The van der Waals surface area contributed by atoms with Gasteiger partial charge in [0, 0.05) is 54.8 Å². The third-order valence-electron chi connectivity index (χ3n) is 16.9. The number of likely N-dealkylation sites (N-methyl/N-ethyl adjacent to an activating group) is 1. The molecule has 0 aromatic carbocycles. The molecule has 2 amide bonds. The fourth-order valence-electron chi connectivity index (χ4n) is 11.8. The van der Waals surface area contributed by atoms with Gasteiger partial charge in [0.15, 0.2) is 11.6 Å². The second-order valence-corrected chi connectivity index (χ2v) is 22.2. The molecule has 0 aliphatic heterocycles. The van der Waals surface area contributed by atoms with Crippen molar-refractivity contribution in [3.8, 4) is 6.07 Å². The van der Waals surface area contributed by atoms with E-state index < -0.39 is 16.2 Å². The first kappa shape index (κ1) is 55.2. The van der Waals surface area contributed by atoms with Gasteiger partial charge in [-0.2, -0.15) is 5.26 Å². The first-order valence-corrected chi connectivity index (χ1v) is 25.8. The van der Waals surface area contributed by atoms with E-state index in [0.29, 0.717) is 51.9 Å². The minimum Gasteiger partial charge on any atom is -0.355 e. The summed E-state index contributed by atoms with van der Waals surface area (Å²) in [5, 5.41) is 16.4. The van der Waals surface area contributed by atoms with Gasteiger partial charge in [0.2, 0.25) is 11.8 Å². The van der Waals surface area contributed by atoms with Gasteiger partial charge in [-0.3, -0.25) is 19.2 Å². The van der Waals surface area contributed by atoms with Crippen molar-refractivity contribution in [2.45, 2.75) is 165 Å². The first-order chi connectivity index (χ1) is 31.8. The number of ketones is 2. The van der Waals surface area contributed by atoms with Crippen LogP contribution < -0.4 is 10.6 Å². The van der Waals surface area contributed by atoms with Gasteiger partial charge in [0.05, 0.1) is 5.57 Å². The number of fused-ring (bicyclic) bond motifs is 5. The molecule has 368 valence electrons. The fourth-order valence-corrected chi connectivity index (χ4v) is 11.8. The number of hydrogen-bond donors (Lipinski definition) is 2. The van der Waals surface area contributed by atoms with Crippen molar-refractivity contribution in [2.75, 3.05) is 33.2 Å². The van der Waals surface area contributed by atoms with E-state index in [1.165, 1.54) is 0 Å². The van der Waals surface area contributed by atoms with Crippen LogP contribution in [0.4, 0.5) is 0 Å². The predicted molar refractivity (Wildman–Crippen MR) is 277 cm³/mol. The summed E-state index contributed by atoms with van der Waals surface area (Å²) in [6, 6.07) is 2.20. The smallest absolute Gasteiger partial charge is 0.226 e. The van der Waals surface area contributed by atoms with Crippen LogP contribution in [-0.2, 0) is 19.2 Å². The Labute approximate surface area is 406 Å². The molecule has 0 spiro atoms. The van der Waals surface area contributed by atoms with Gasteiger partial charge in [0.1, 0.15) is 6.07 Å². The molecule has 6 atom stereocenters. The maximum Gasteiger partial charge on any atom is 0.226 e. The molecule has 0 saturated heterocycles. The van der Waals surface area contributed by atoms with E-state index >= 15 is 0 Å². The van der Waals surface area contributed by atoms with Crippen molar-refractivity contribution >= 4 is 23.4 Å². The van der Waals surface area contributed by atoms with Gasteiger partial charge in [0.25, 0.3) is 0 Å². The molecule has 0 radical (unpaired) electrons. The maximum atomic E-state index is 14.6. The Morgan fingerprint density at radius 1 is 0.806 bits per heavy atom. The third kappa shape index (κ3) is 13.7. The van der Waals surface area contributed by atoms with E-state index in [4.69, 9.17) is 0 Å². The van der Waals surface area contributed by atoms with Crippen LogP contribution in [0.1, 0.15) is 165 Å². The lowest BCUT2D eigenvalue weighted by Crippen LogP contribution is -2.62. The molecule has 8 heteroatoms. The van der Waals surface area contributed by atoms with E-state index in [-0.39, 0.29) is 57.0 Å². The molecule has 2 saturated carbocycles. The molecule has 0 unspecified atom stereocenters. The van der Waals surface area contributed by atoms with Crippen molar-refractivity contribution in [3.63, 3.8) is 0 Å². The lowest BCUT2D eigenvalue weighted by atomic mass is 9.36. The summed E-state index contributed by atoms with van der Waals surface area (Å²) >= 11 is 0. The minimum atomic E-state index is -0.706. The van der Waals surface area contributed by atoms with E-state index in [1.807, 2.05) is 33.0 Å². The summed E-state index contributed by atoms with van der Waals surface area (Å²) in [7, 11) is 2.01. The van der Waals surface area contributed by atoms with E-state index in [9.17, 15) is 24.4 Å². The molecule has 67 heavy (non-hydrogen) atoms. The molecule has 8 nitrogen and oxygen atoms in total. The Bertz CT molecular complexity index is 2020. The van der Waals surface area contributed by atoms with E-state index in [1.54, 1.807) is 0 Å². The number of hydrogen-bond acceptors (Lipinski definition) is 6. The van der Waals surface area contributed by atoms with Crippen molar-refractivity contribution in [1.29, 1.82) is 5.26 Å². The molecule has 0 aromatic rings. The lowest BCUT2D eigenvalue weighted by molar-refractivity contribution is -0.154. The Morgan fingerprint density at radius 3 is 1.91 bits per heavy atom. The topological polar surface area (TPSA) is 119 Å². The highest BCUT2D eigenvalue weighted by molar-refractivity contribution is 6.04. The Kier molecular flexibility index (Phi) is 20.4. The SMILES string of the molecule is CC/C=C\C/C=C\C/C=C\C/C=C\C/C=C\C/C=C\CCC(=O)NCCN(C)CCNC(=O)[C@@]1(CCC(C)(C)CC)CC[C@]2(C)[C@@H](C1)C(=O)C=C1[C@@]3(C)C=C(C#N)C(=O)C(C)(C)[C@@H]3CC[C@]12C. The number of allylic oxidation sites excluding steroid dienone is 16. The Morgan fingerprint density at radius 2 is 1.36 bits per heavy atom. The summed E-state index contributed by atoms with van der Waals surface area (Å²) in [5.74, 6) is -0.222. The summed E-state index contributed by atoms with van der Waals surface area (Å²) in [5.41, 5.74) is -1.28. The fraction of sp³-hybridized carbons (Fsp3) is 0.644. The van der Waals surface area contributed by atoms with Crippen LogP contribution in [-0.4, -0.2) is 61.5 Å². The average molecular weight is 917 g/mol. The van der Waals surface area contributed by atoms with Crippen molar-refractivity contribution < 1.29 is 19.2 Å². The van der Waals surface area contributed by atoms with Crippen LogP contribution in [0, 0.1) is 55.7 Å². The number of Topliss-reactive ketones (excluding diaryl/α,β-unsaturated/α-hetero) is 1. The van der Waals surface area contributed by atoms with E-state index in [2.05, 4.69) is 143 Å². The average Bonchev–Trinajstić information content (AvgIpc) is 3.29. The normalized spacial score (nSPS) is 28.6. The zero-order valence-corrected chi connectivity index (χ0v) is 43.4. The summed E-state index contributed by atoms with van der Waals surface area (Å²) in [4.78, 5) is 57.3. The first-order valence-electron chi connectivity index (χ1n) is 25.8. The minimum absolute atomic E-state index is 0.00460. The van der Waals surface area contributed by atoms with Gasteiger partial charge in [-0.05, 0) is 125 Å². The molecule has 2 N–H and O–H groups in total. The highest BCUT2D eigenvalue weighted by Crippen LogP contribution is 2.72. The van der Waals surface area contributed by atoms with Crippen LogP contribution in [0.15, 0.2) is 96.2 Å². The summed E-state index contributed by atoms with van der Waals surface area (Å²) in [6.45, 7) is 22.0. The summed E-state index contributed by atoms with van der Waals surface area (Å²) in [6.07, 6.45) is 43.3.